The van der Waals surface area contributed by atoms with Crippen LogP contribution in [0.5, 0.6) is 0 Å². The highest BCUT2D eigenvalue weighted by molar-refractivity contribution is 6.02. The Balaban J connectivity index is 1.75. The standard InChI is InChI=1S/C35H37N/c1-4-6-7-8-9-10-15-20-31(5-2)33-26-24-32(25-27-33)29(3)36-35(34-21-16-12-17-22-34)28-23-30-18-13-11-14-19-30/h4-6,8-19,21-22,24-28H,7,20,23H2,1-3H3/b6-4-,9-8-,15-10-,31-5-,35-28-,36-29?. The molecule has 1 heteroatoms. The van der Waals surface area contributed by atoms with E-state index in [0.29, 0.717) is 0 Å². The lowest BCUT2D eigenvalue weighted by Crippen LogP contribution is -1.97. The molecule has 36 heavy (non-hydrogen) atoms. The Kier molecular flexibility index (Phi) is 11.2. The number of hydrogen-bond acceptors (Lipinski definition) is 1. The molecule has 3 aromatic rings. The van der Waals surface area contributed by atoms with Gasteiger partial charge in [0, 0.05) is 5.71 Å². The zero-order valence-electron chi connectivity index (χ0n) is 21.8. The van der Waals surface area contributed by atoms with Crippen molar-refractivity contribution in [1.82, 2.24) is 0 Å². The second-order valence-corrected chi connectivity index (χ2v) is 8.60. The fourth-order valence-corrected chi connectivity index (χ4v) is 3.88. The van der Waals surface area contributed by atoms with Gasteiger partial charge in [0.15, 0.2) is 0 Å². The van der Waals surface area contributed by atoms with Crippen LogP contribution in [-0.2, 0) is 6.42 Å². The monoisotopic (exact) mass is 471 g/mol. The Hall–Kier alpha value is -3.97. The predicted octanol–water partition coefficient (Wildman–Crippen LogP) is 9.65. The van der Waals surface area contributed by atoms with Gasteiger partial charge in [0.2, 0.25) is 0 Å². The first-order chi connectivity index (χ1) is 17.7. The molecule has 0 aliphatic rings. The highest BCUT2D eigenvalue weighted by atomic mass is 14.8. The molecular weight excluding hydrogens is 434 g/mol. The average Bonchev–Trinajstić information content (AvgIpc) is 2.93. The summed E-state index contributed by atoms with van der Waals surface area (Å²) in [5.41, 5.74) is 8.14. The SMILES string of the molecule is C/C=C\C/C=C\C=C/C/C(=C/C)c1ccc(C(C)=N/C(=C\Cc2ccccc2)c2ccccc2)cc1. The van der Waals surface area contributed by atoms with Crippen LogP contribution in [0.2, 0.25) is 0 Å². The first-order valence-electron chi connectivity index (χ1n) is 12.7. The summed E-state index contributed by atoms with van der Waals surface area (Å²) >= 11 is 0. The molecule has 1 nitrogen and oxygen atoms in total. The Labute approximate surface area is 217 Å². The fraction of sp³-hybridized carbons (Fsp3) is 0.171. The highest BCUT2D eigenvalue weighted by Crippen LogP contribution is 2.22. The van der Waals surface area contributed by atoms with Crippen molar-refractivity contribution in [2.75, 3.05) is 0 Å². The van der Waals surface area contributed by atoms with Crippen LogP contribution >= 0.6 is 0 Å². The third-order valence-corrected chi connectivity index (χ3v) is 5.98. The maximum atomic E-state index is 5.06. The first kappa shape index (κ1) is 26.6. The van der Waals surface area contributed by atoms with Crippen LogP contribution in [0.4, 0.5) is 0 Å². The molecule has 0 bridgehead atoms. The van der Waals surface area contributed by atoms with E-state index in [1.165, 1.54) is 16.7 Å². The smallest absolute Gasteiger partial charge is 0.0668 e. The van der Waals surface area contributed by atoms with Gasteiger partial charge in [-0.1, -0.05) is 134 Å². The molecule has 0 atom stereocenters. The van der Waals surface area contributed by atoms with Crippen LogP contribution in [0.25, 0.3) is 11.3 Å². The van der Waals surface area contributed by atoms with E-state index >= 15 is 0 Å². The van der Waals surface area contributed by atoms with Crippen molar-refractivity contribution in [2.24, 2.45) is 4.99 Å². The van der Waals surface area contributed by atoms with Gasteiger partial charge >= 0.3 is 0 Å². The first-order valence-corrected chi connectivity index (χ1v) is 12.7. The average molecular weight is 472 g/mol. The lowest BCUT2D eigenvalue weighted by Gasteiger charge is -2.09. The van der Waals surface area contributed by atoms with E-state index in [0.717, 1.165) is 41.8 Å². The van der Waals surface area contributed by atoms with E-state index in [9.17, 15) is 0 Å². The minimum atomic E-state index is 0.851. The Morgan fingerprint density at radius 3 is 2.00 bits per heavy atom. The number of benzene rings is 3. The summed E-state index contributed by atoms with van der Waals surface area (Å²) in [5.74, 6) is 0. The van der Waals surface area contributed by atoms with Gasteiger partial charge in [0.1, 0.15) is 0 Å². The Morgan fingerprint density at radius 2 is 1.33 bits per heavy atom. The molecule has 0 aliphatic carbocycles. The fourth-order valence-electron chi connectivity index (χ4n) is 3.88. The third-order valence-electron chi connectivity index (χ3n) is 5.98. The highest BCUT2D eigenvalue weighted by Gasteiger charge is 2.05. The second kappa shape index (κ2) is 15.1. The van der Waals surface area contributed by atoms with Gasteiger partial charge in [0.25, 0.3) is 0 Å². The lowest BCUT2D eigenvalue weighted by atomic mass is 9.99. The van der Waals surface area contributed by atoms with Gasteiger partial charge in [-0.15, -0.1) is 0 Å². The van der Waals surface area contributed by atoms with E-state index in [-0.39, 0.29) is 0 Å². The molecule has 3 rings (SSSR count). The summed E-state index contributed by atoms with van der Waals surface area (Å²) in [5, 5.41) is 0. The number of hydrogen-bond donors (Lipinski definition) is 0. The molecule has 0 aliphatic heterocycles. The molecule has 0 aromatic heterocycles. The van der Waals surface area contributed by atoms with Crippen LogP contribution in [0.15, 0.2) is 139 Å². The van der Waals surface area contributed by atoms with Crippen molar-refractivity contribution in [3.05, 3.63) is 156 Å². The van der Waals surface area contributed by atoms with Gasteiger partial charge in [0.05, 0.1) is 5.70 Å². The minimum absolute atomic E-state index is 0.851. The molecule has 0 spiro atoms. The second-order valence-electron chi connectivity index (χ2n) is 8.60. The zero-order chi connectivity index (χ0) is 25.4. The van der Waals surface area contributed by atoms with E-state index < -0.39 is 0 Å². The van der Waals surface area contributed by atoms with Crippen molar-refractivity contribution in [3.63, 3.8) is 0 Å². The summed E-state index contributed by atoms with van der Waals surface area (Å²) in [6, 6.07) is 29.7. The van der Waals surface area contributed by atoms with E-state index in [4.69, 9.17) is 4.99 Å². The normalized spacial score (nSPS) is 13.4. The van der Waals surface area contributed by atoms with Gasteiger partial charge in [-0.2, -0.15) is 0 Å². The maximum absolute atomic E-state index is 5.06. The molecule has 0 saturated carbocycles. The van der Waals surface area contributed by atoms with Gasteiger partial charge in [-0.3, -0.25) is 4.99 Å². The molecule has 0 fully saturated rings. The number of rotatable bonds is 11. The summed E-state index contributed by atoms with van der Waals surface area (Å²) < 4.78 is 0. The van der Waals surface area contributed by atoms with Crippen LogP contribution in [0.3, 0.4) is 0 Å². The molecule has 0 saturated heterocycles. The molecule has 182 valence electrons. The van der Waals surface area contributed by atoms with Crippen molar-refractivity contribution < 1.29 is 0 Å². The molecule has 0 radical (unpaired) electrons. The van der Waals surface area contributed by atoms with Gasteiger partial charge in [-0.05, 0) is 67.9 Å². The number of allylic oxidation sites excluding steroid dienone is 9. The van der Waals surface area contributed by atoms with Crippen molar-refractivity contribution >= 4 is 17.0 Å². The van der Waals surface area contributed by atoms with Crippen LogP contribution in [-0.4, -0.2) is 5.71 Å². The van der Waals surface area contributed by atoms with Gasteiger partial charge in [-0.25, -0.2) is 0 Å². The quantitative estimate of drug-likeness (QED) is 0.150. The summed E-state index contributed by atoms with van der Waals surface area (Å²) in [4.78, 5) is 5.06. The predicted molar refractivity (Wildman–Crippen MR) is 159 cm³/mol. The molecule has 0 N–H and O–H groups in total. The minimum Gasteiger partial charge on any atom is -0.253 e. The molecule has 0 heterocycles. The lowest BCUT2D eigenvalue weighted by molar-refractivity contribution is 1.26. The number of aliphatic imine (C=N–C) groups is 1. The van der Waals surface area contributed by atoms with Crippen LogP contribution < -0.4 is 0 Å². The van der Waals surface area contributed by atoms with E-state index in [1.807, 2.05) is 13.0 Å². The molecular formula is C35H37N. The van der Waals surface area contributed by atoms with Crippen molar-refractivity contribution in [1.29, 1.82) is 0 Å². The zero-order valence-corrected chi connectivity index (χ0v) is 21.8. The van der Waals surface area contributed by atoms with E-state index in [2.05, 4.69) is 141 Å². The topological polar surface area (TPSA) is 12.4 Å². The molecule has 0 unspecified atom stereocenters. The van der Waals surface area contributed by atoms with Crippen LogP contribution in [0.1, 0.15) is 55.9 Å². The van der Waals surface area contributed by atoms with Crippen molar-refractivity contribution in [2.45, 2.75) is 40.0 Å². The number of nitrogens with zero attached hydrogens (tertiary/aromatic N) is 1. The summed E-state index contributed by atoms with van der Waals surface area (Å²) in [6.45, 7) is 6.24. The van der Waals surface area contributed by atoms with Crippen LogP contribution in [0, 0.1) is 0 Å². The summed E-state index contributed by atoms with van der Waals surface area (Å²) in [6.07, 6.45) is 20.0. The molecule has 0 amide bonds. The van der Waals surface area contributed by atoms with Gasteiger partial charge < -0.3 is 0 Å². The largest absolute Gasteiger partial charge is 0.253 e. The van der Waals surface area contributed by atoms with Crippen molar-refractivity contribution in [3.8, 4) is 0 Å². The maximum Gasteiger partial charge on any atom is 0.0668 e. The Morgan fingerprint density at radius 1 is 0.694 bits per heavy atom. The molecule has 3 aromatic carbocycles. The Bertz CT molecular complexity index is 1240. The third kappa shape index (κ3) is 8.67. The van der Waals surface area contributed by atoms with E-state index in [1.54, 1.807) is 0 Å². The summed E-state index contributed by atoms with van der Waals surface area (Å²) in [7, 11) is 0.